The number of ether oxygens (including phenoxy) is 1. The predicted molar refractivity (Wildman–Crippen MR) is 97.6 cm³/mol. The van der Waals surface area contributed by atoms with E-state index in [0.29, 0.717) is 0 Å². The van der Waals surface area contributed by atoms with Gasteiger partial charge in [-0.25, -0.2) is 0 Å². The third-order valence-corrected chi connectivity index (χ3v) is 5.20. The van der Waals surface area contributed by atoms with Gasteiger partial charge in [0, 0.05) is 19.2 Å². The van der Waals surface area contributed by atoms with Gasteiger partial charge in [-0.1, -0.05) is 19.3 Å². The zero-order valence-electron chi connectivity index (χ0n) is 15.8. The molecule has 9 nitrogen and oxygen atoms in total. The number of pyridine rings is 1. The second-order valence-corrected chi connectivity index (χ2v) is 7.55. The normalized spacial score (nSPS) is 19.2. The van der Waals surface area contributed by atoms with Gasteiger partial charge in [0.1, 0.15) is 6.54 Å². The highest BCUT2D eigenvalue weighted by atomic mass is 16.6. The Balaban J connectivity index is 1.88. The summed E-state index contributed by atoms with van der Waals surface area (Å²) in [4.78, 5) is 42.9. The molecule has 1 aromatic rings. The van der Waals surface area contributed by atoms with Crippen LogP contribution >= 0.6 is 0 Å². The summed E-state index contributed by atoms with van der Waals surface area (Å²) in [6, 6.07) is 2.79. The van der Waals surface area contributed by atoms with E-state index in [1.54, 1.807) is 25.8 Å². The lowest BCUT2D eigenvalue weighted by molar-refractivity contribution is -0.389. The molecule has 2 aliphatic rings. The quantitative estimate of drug-likeness (QED) is 0.589. The van der Waals surface area contributed by atoms with Crippen LogP contribution in [0.2, 0.25) is 0 Å². The van der Waals surface area contributed by atoms with Crippen molar-refractivity contribution in [3.63, 3.8) is 0 Å². The van der Waals surface area contributed by atoms with E-state index in [4.69, 9.17) is 4.74 Å². The van der Waals surface area contributed by atoms with E-state index in [-0.39, 0.29) is 30.1 Å². The number of aromatic nitrogens is 1. The Hall–Kier alpha value is -2.71. The minimum absolute atomic E-state index is 0.0129. The number of hydrogen-bond donors (Lipinski definition) is 0. The number of nitrogens with zero attached hydrogens (tertiary/aromatic N) is 4. The van der Waals surface area contributed by atoms with Gasteiger partial charge >= 0.3 is 5.82 Å². The van der Waals surface area contributed by atoms with Crippen LogP contribution in [0.5, 0.6) is 5.75 Å². The maximum Gasteiger partial charge on any atom is 0.366 e. The van der Waals surface area contributed by atoms with Gasteiger partial charge in [-0.3, -0.25) is 14.5 Å². The fourth-order valence-electron chi connectivity index (χ4n) is 3.61. The first kappa shape index (κ1) is 19.1. The molecule has 0 atom stereocenters. The lowest BCUT2D eigenvalue weighted by Gasteiger charge is -2.37. The van der Waals surface area contributed by atoms with Gasteiger partial charge < -0.3 is 19.8 Å². The van der Waals surface area contributed by atoms with Crippen LogP contribution in [-0.2, 0) is 9.59 Å². The van der Waals surface area contributed by atoms with Gasteiger partial charge in [0.2, 0.25) is 5.91 Å². The average molecular weight is 376 g/mol. The number of carbonyl (C=O) groups excluding carboxylic acids is 2. The molecule has 0 unspecified atom stereocenters. The highest BCUT2D eigenvalue weighted by molar-refractivity contribution is 6.05. The Labute approximate surface area is 157 Å². The molecule has 146 valence electrons. The van der Waals surface area contributed by atoms with E-state index in [9.17, 15) is 19.7 Å². The molecule has 1 fully saturated rings. The Bertz CT molecular complexity index is 773. The van der Waals surface area contributed by atoms with Crippen molar-refractivity contribution in [2.45, 2.75) is 57.6 Å². The second kappa shape index (κ2) is 7.13. The predicted octanol–water partition coefficient (Wildman–Crippen LogP) is 2.28. The molecule has 1 aromatic heterocycles. The van der Waals surface area contributed by atoms with Gasteiger partial charge in [-0.2, -0.15) is 0 Å². The minimum atomic E-state index is -1.19. The number of carbonyl (C=O) groups is 2. The first-order valence-corrected chi connectivity index (χ1v) is 9.13. The summed E-state index contributed by atoms with van der Waals surface area (Å²) < 4.78 is 5.65. The van der Waals surface area contributed by atoms with Crippen LogP contribution < -0.4 is 9.64 Å². The summed E-state index contributed by atoms with van der Waals surface area (Å²) in [5, 5.41) is 11.1. The smallest absolute Gasteiger partial charge is 0.366 e. The van der Waals surface area contributed by atoms with E-state index in [0.717, 1.165) is 25.7 Å². The molecule has 1 aliphatic carbocycles. The van der Waals surface area contributed by atoms with Crippen LogP contribution in [0.25, 0.3) is 0 Å². The molecule has 0 radical (unpaired) electrons. The SMILES string of the molecule is CN(C(=O)CN1C(=O)C(C)(C)Oc2ccc([N+](=O)[O-])nc21)C1CCCCC1. The van der Waals surface area contributed by atoms with Gasteiger partial charge in [0.15, 0.2) is 11.4 Å². The van der Waals surface area contributed by atoms with E-state index in [1.807, 2.05) is 0 Å². The standard InChI is InChI=1S/C18H24N4O5/c1-18(2)17(24)21(11-15(23)20(3)12-7-5-4-6-8-12)16-13(27-18)9-10-14(19-16)22(25)26/h9-10,12H,4-8,11H2,1-3H3. The van der Waals surface area contributed by atoms with E-state index in [2.05, 4.69) is 4.98 Å². The molecule has 0 saturated heterocycles. The van der Waals surface area contributed by atoms with Crippen molar-refractivity contribution < 1.29 is 19.2 Å². The fourth-order valence-corrected chi connectivity index (χ4v) is 3.61. The van der Waals surface area contributed by atoms with Crippen molar-refractivity contribution in [3.8, 4) is 5.75 Å². The van der Waals surface area contributed by atoms with E-state index in [1.165, 1.54) is 23.5 Å². The van der Waals surface area contributed by atoms with Gasteiger partial charge in [-0.15, -0.1) is 0 Å². The Morgan fingerprint density at radius 3 is 2.67 bits per heavy atom. The van der Waals surface area contributed by atoms with Crippen molar-refractivity contribution in [2.24, 2.45) is 0 Å². The van der Waals surface area contributed by atoms with Crippen molar-refractivity contribution in [1.82, 2.24) is 9.88 Å². The molecule has 1 aliphatic heterocycles. The number of fused-ring (bicyclic) bond motifs is 1. The molecule has 0 spiro atoms. The van der Waals surface area contributed by atoms with Crippen LogP contribution in [0.15, 0.2) is 12.1 Å². The number of likely N-dealkylation sites (N-methyl/N-ethyl adjacent to an activating group) is 1. The molecule has 0 aromatic carbocycles. The van der Waals surface area contributed by atoms with Crippen LogP contribution in [-0.4, -0.2) is 51.9 Å². The zero-order chi connectivity index (χ0) is 19.8. The van der Waals surface area contributed by atoms with Gasteiger partial charge in [0.25, 0.3) is 11.7 Å². The molecule has 27 heavy (non-hydrogen) atoms. The maximum atomic E-state index is 12.8. The number of rotatable bonds is 4. The summed E-state index contributed by atoms with van der Waals surface area (Å²) in [7, 11) is 1.75. The lowest BCUT2D eigenvalue weighted by atomic mass is 9.94. The molecule has 1 saturated carbocycles. The third-order valence-electron chi connectivity index (χ3n) is 5.20. The first-order valence-electron chi connectivity index (χ1n) is 9.13. The Morgan fingerprint density at radius 2 is 2.04 bits per heavy atom. The van der Waals surface area contributed by atoms with Crippen molar-refractivity contribution in [1.29, 1.82) is 0 Å². The van der Waals surface area contributed by atoms with Crippen molar-refractivity contribution >= 4 is 23.5 Å². The number of anilines is 1. The average Bonchev–Trinajstić information content (AvgIpc) is 2.64. The second-order valence-electron chi connectivity index (χ2n) is 7.55. The minimum Gasteiger partial charge on any atom is -0.472 e. The molecular formula is C18H24N4O5. The molecule has 0 bridgehead atoms. The molecule has 2 heterocycles. The monoisotopic (exact) mass is 376 g/mol. The summed E-state index contributed by atoms with van der Waals surface area (Å²) in [5.41, 5.74) is -1.19. The first-order chi connectivity index (χ1) is 12.7. The summed E-state index contributed by atoms with van der Waals surface area (Å²) in [6.07, 6.45) is 5.25. The van der Waals surface area contributed by atoms with Crippen LogP contribution in [0.1, 0.15) is 46.0 Å². The molecule has 9 heteroatoms. The maximum absolute atomic E-state index is 12.8. The third kappa shape index (κ3) is 3.72. The van der Waals surface area contributed by atoms with Crippen LogP contribution in [0.4, 0.5) is 11.6 Å². The highest BCUT2D eigenvalue weighted by Gasteiger charge is 2.45. The van der Waals surface area contributed by atoms with E-state index < -0.39 is 22.2 Å². The van der Waals surface area contributed by atoms with Gasteiger partial charge in [0.05, 0.1) is 0 Å². The Kier molecular flexibility index (Phi) is 5.03. The van der Waals surface area contributed by atoms with Crippen LogP contribution in [0.3, 0.4) is 0 Å². The summed E-state index contributed by atoms with van der Waals surface area (Å²) in [5.74, 6) is -0.805. The lowest BCUT2D eigenvalue weighted by Crippen LogP contribution is -2.56. The highest BCUT2D eigenvalue weighted by Crippen LogP contribution is 2.37. The largest absolute Gasteiger partial charge is 0.472 e. The number of hydrogen-bond acceptors (Lipinski definition) is 6. The molecule has 0 N–H and O–H groups in total. The fraction of sp³-hybridized carbons (Fsp3) is 0.611. The van der Waals surface area contributed by atoms with Crippen molar-refractivity contribution in [2.75, 3.05) is 18.5 Å². The van der Waals surface area contributed by atoms with Crippen molar-refractivity contribution in [3.05, 3.63) is 22.2 Å². The summed E-state index contributed by atoms with van der Waals surface area (Å²) in [6.45, 7) is 2.98. The van der Waals surface area contributed by atoms with E-state index >= 15 is 0 Å². The topological polar surface area (TPSA) is 106 Å². The van der Waals surface area contributed by atoms with Gasteiger partial charge in [-0.05, 0) is 42.7 Å². The molecule has 2 amide bonds. The number of amides is 2. The zero-order valence-corrected chi connectivity index (χ0v) is 15.8. The number of nitro groups is 1. The molecular weight excluding hydrogens is 352 g/mol. The molecule has 3 rings (SSSR count). The van der Waals surface area contributed by atoms with Crippen LogP contribution in [0, 0.1) is 10.1 Å². The Morgan fingerprint density at radius 1 is 1.37 bits per heavy atom. The summed E-state index contributed by atoms with van der Waals surface area (Å²) >= 11 is 0.